The second kappa shape index (κ2) is 14.9. The summed E-state index contributed by atoms with van der Waals surface area (Å²) in [4.78, 5) is 59.9. The Hall–Kier alpha value is -5.20. The number of ether oxygens (including phenoxy) is 1. The van der Waals surface area contributed by atoms with E-state index in [0.29, 0.717) is 69.9 Å². The molecule has 1 fully saturated rings. The van der Waals surface area contributed by atoms with Crippen LogP contribution in [0, 0.1) is 26.7 Å². The van der Waals surface area contributed by atoms with E-state index in [1.165, 1.54) is 0 Å². The van der Waals surface area contributed by atoms with Gasteiger partial charge in [-0.1, -0.05) is 17.3 Å². The van der Waals surface area contributed by atoms with Crippen LogP contribution in [0.4, 0.5) is 0 Å². The van der Waals surface area contributed by atoms with Crippen LogP contribution < -0.4 is 10.1 Å². The first-order valence-corrected chi connectivity index (χ1v) is 15.7. The Morgan fingerprint density at radius 1 is 1.06 bits per heavy atom. The number of nitrogens with one attached hydrogen (secondary N) is 2. The molecule has 3 amide bonds. The van der Waals surface area contributed by atoms with Gasteiger partial charge in [-0.15, -0.1) is 0 Å². The normalized spacial score (nSPS) is 18.3. The summed E-state index contributed by atoms with van der Waals surface area (Å²) < 4.78 is 11.4. The summed E-state index contributed by atoms with van der Waals surface area (Å²) in [6.45, 7) is 7.79. The standard InChI is InChI=1S/C33H38N6O5.CH2O2/c1-20-26(21(2)44-37-20)9-11-31(40)39-18-27-23-6-4-7-25(16-23)43-15-14-38(13-5-12-34-32(41)28(27)19-39)33(42)24-8-10-29-30(17-24)36-22(3)35-29;2-1-3/h4,6-8,10,16-17,27-28H,5,9,11-15,18-19H2,1-3H3,(H,34,41)(H,35,36);1H,(H,2,3)/t27-,28+;/m1./s1. The summed E-state index contributed by atoms with van der Waals surface area (Å²) in [5.74, 6) is 1.48. The quantitative estimate of drug-likeness (QED) is 0.282. The Kier molecular flexibility index (Phi) is 10.5. The largest absolute Gasteiger partial charge is 0.492 e. The summed E-state index contributed by atoms with van der Waals surface area (Å²) in [6, 6.07) is 13.2. The molecule has 1 saturated heterocycles. The summed E-state index contributed by atoms with van der Waals surface area (Å²) in [6.07, 6.45) is 1.46. The van der Waals surface area contributed by atoms with E-state index < -0.39 is 5.92 Å². The lowest BCUT2D eigenvalue weighted by molar-refractivity contribution is -0.130. The van der Waals surface area contributed by atoms with Crippen LogP contribution in [0.2, 0.25) is 0 Å². The zero-order valence-electron chi connectivity index (χ0n) is 26.8. The lowest BCUT2D eigenvalue weighted by Gasteiger charge is -2.25. The molecule has 4 aromatic rings. The molecule has 0 aliphatic carbocycles. The maximum Gasteiger partial charge on any atom is 0.290 e. The van der Waals surface area contributed by atoms with Crippen molar-refractivity contribution in [2.45, 2.75) is 46.0 Å². The molecule has 2 atom stereocenters. The lowest BCUT2D eigenvalue weighted by Crippen LogP contribution is -2.39. The minimum absolute atomic E-state index is 0.00764. The minimum atomic E-state index is -0.390. The highest BCUT2D eigenvalue weighted by molar-refractivity contribution is 5.97. The average molecular weight is 645 g/mol. The number of H-pyrrole nitrogens is 1. The average Bonchev–Trinajstić information content (AvgIpc) is 3.76. The summed E-state index contributed by atoms with van der Waals surface area (Å²) in [5, 5.41) is 14.0. The van der Waals surface area contributed by atoms with E-state index in [-0.39, 0.29) is 30.1 Å². The van der Waals surface area contributed by atoms with Gasteiger partial charge in [0, 0.05) is 49.6 Å². The molecule has 0 unspecified atom stereocenters. The van der Waals surface area contributed by atoms with Gasteiger partial charge in [-0.3, -0.25) is 19.2 Å². The van der Waals surface area contributed by atoms with Crippen LogP contribution in [0.5, 0.6) is 5.75 Å². The Labute approximate surface area is 272 Å². The highest BCUT2D eigenvalue weighted by Crippen LogP contribution is 2.35. The molecular weight excluding hydrogens is 604 g/mol. The van der Waals surface area contributed by atoms with Gasteiger partial charge in [-0.05, 0) is 69.5 Å². The third-order valence-corrected chi connectivity index (χ3v) is 8.73. The van der Waals surface area contributed by atoms with Crippen molar-refractivity contribution in [3.05, 3.63) is 76.4 Å². The Morgan fingerprint density at radius 3 is 2.62 bits per heavy atom. The van der Waals surface area contributed by atoms with E-state index in [1.54, 1.807) is 15.9 Å². The van der Waals surface area contributed by atoms with Crippen molar-refractivity contribution in [3.8, 4) is 5.75 Å². The lowest BCUT2D eigenvalue weighted by atomic mass is 9.88. The van der Waals surface area contributed by atoms with Gasteiger partial charge in [0.1, 0.15) is 23.9 Å². The molecule has 0 radical (unpaired) electrons. The fourth-order valence-corrected chi connectivity index (χ4v) is 6.35. The first kappa shape index (κ1) is 33.2. The Morgan fingerprint density at radius 2 is 1.85 bits per heavy atom. The van der Waals surface area contributed by atoms with Crippen molar-refractivity contribution < 1.29 is 33.5 Å². The first-order valence-electron chi connectivity index (χ1n) is 15.7. The molecule has 0 saturated carbocycles. The van der Waals surface area contributed by atoms with Gasteiger partial charge in [0.05, 0.1) is 29.2 Å². The predicted octanol–water partition coefficient (Wildman–Crippen LogP) is 3.39. The number of likely N-dealkylation sites (tertiary alicyclic amines) is 1. The number of fused-ring (bicyclic) bond motifs is 5. The van der Waals surface area contributed by atoms with E-state index in [4.69, 9.17) is 19.2 Å². The van der Waals surface area contributed by atoms with Crippen molar-refractivity contribution >= 4 is 35.2 Å². The molecule has 4 heterocycles. The van der Waals surface area contributed by atoms with Gasteiger partial charge in [0.25, 0.3) is 12.4 Å². The number of aryl methyl sites for hydroxylation is 3. The van der Waals surface area contributed by atoms with E-state index in [9.17, 15) is 14.4 Å². The zero-order chi connectivity index (χ0) is 33.5. The zero-order valence-corrected chi connectivity index (χ0v) is 26.8. The van der Waals surface area contributed by atoms with E-state index in [0.717, 1.165) is 39.4 Å². The number of aromatic amines is 1. The fraction of sp³-hybridized carbons (Fsp3) is 0.412. The number of aromatic nitrogens is 3. The second-order valence-corrected chi connectivity index (χ2v) is 11.8. The highest BCUT2D eigenvalue weighted by Gasteiger charge is 2.40. The van der Waals surface area contributed by atoms with Crippen molar-refractivity contribution in [2.24, 2.45) is 5.92 Å². The van der Waals surface area contributed by atoms with Crippen molar-refractivity contribution in [1.82, 2.24) is 30.2 Å². The van der Waals surface area contributed by atoms with Gasteiger partial charge in [0.2, 0.25) is 11.8 Å². The number of benzene rings is 2. The molecule has 0 spiro atoms. The SMILES string of the molecule is Cc1nc2ccc(C(=O)N3CCCNC(=O)[C@H]4CN(C(=O)CCc5c(C)noc5C)C[C@@H]4c4cccc(c4)OCC3)cc2[nH]1.O=CO. The molecule has 2 aliphatic heterocycles. The topological polar surface area (TPSA) is 171 Å². The maximum absolute atomic E-state index is 13.5. The van der Waals surface area contributed by atoms with Crippen LogP contribution in [0.25, 0.3) is 11.0 Å². The molecular formula is C34H40N6O7. The molecule has 2 aromatic carbocycles. The van der Waals surface area contributed by atoms with Crippen LogP contribution in [-0.4, -0.2) is 93.6 Å². The number of imidazole rings is 1. The molecule has 248 valence electrons. The monoisotopic (exact) mass is 644 g/mol. The number of rotatable bonds is 4. The van der Waals surface area contributed by atoms with Gasteiger partial charge in [-0.25, -0.2) is 4.98 Å². The van der Waals surface area contributed by atoms with E-state index in [2.05, 4.69) is 20.4 Å². The van der Waals surface area contributed by atoms with Crippen molar-refractivity contribution in [3.63, 3.8) is 0 Å². The summed E-state index contributed by atoms with van der Waals surface area (Å²) in [7, 11) is 0. The van der Waals surface area contributed by atoms with E-state index in [1.807, 2.05) is 57.2 Å². The smallest absolute Gasteiger partial charge is 0.290 e. The number of carbonyl (C=O) groups excluding carboxylic acids is 3. The molecule has 2 aromatic heterocycles. The third-order valence-electron chi connectivity index (χ3n) is 8.73. The minimum Gasteiger partial charge on any atom is -0.492 e. The third kappa shape index (κ3) is 7.79. The number of hydrogen-bond acceptors (Lipinski definition) is 8. The molecule has 13 heteroatoms. The molecule has 6 rings (SSSR count). The fourth-order valence-electron chi connectivity index (χ4n) is 6.35. The number of nitrogens with zero attached hydrogens (tertiary/aromatic N) is 4. The van der Waals surface area contributed by atoms with Crippen molar-refractivity contribution in [1.29, 1.82) is 0 Å². The first-order chi connectivity index (χ1) is 22.7. The number of hydrogen-bond donors (Lipinski definition) is 3. The van der Waals surface area contributed by atoms with Crippen LogP contribution >= 0.6 is 0 Å². The summed E-state index contributed by atoms with van der Waals surface area (Å²) in [5.41, 5.74) is 4.92. The Balaban J connectivity index is 0.00000139. The van der Waals surface area contributed by atoms with Crippen LogP contribution in [-0.2, 0) is 20.8 Å². The Bertz CT molecular complexity index is 1730. The van der Waals surface area contributed by atoms with Crippen LogP contribution in [0.1, 0.15) is 57.5 Å². The molecule has 3 N–H and O–H groups in total. The maximum atomic E-state index is 13.5. The molecule has 2 bridgehead atoms. The highest BCUT2D eigenvalue weighted by atomic mass is 16.5. The van der Waals surface area contributed by atoms with Gasteiger partial charge in [0.15, 0.2) is 0 Å². The second-order valence-electron chi connectivity index (χ2n) is 11.8. The number of carboxylic acid groups (broad SMARTS) is 1. The molecule has 2 aliphatic rings. The summed E-state index contributed by atoms with van der Waals surface area (Å²) >= 11 is 0. The van der Waals surface area contributed by atoms with Crippen molar-refractivity contribution in [2.75, 3.05) is 39.3 Å². The molecule has 47 heavy (non-hydrogen) atoms. The van der Waals surface area contributed by atoms with Crippen LogP contribution in [0.15, 0.2) is 47.0 Å². The van der Waals surface area contributed by atoms with Gasteiger partial charge >= 0.3 is 0 Å². The van der Waals surface area contributed by atoms with Gasteiger partial charge < -0.3 is 34.5 Å². The number of amides is 3. The van der Waals surface area contributed by atoms with Crippen LogP contribution in [0.3, 0.4) is 0 Å². The van der Waals surface area contributed by atoms with Gasteiger partial charge in [-0.2, -0.15) is 0 Å². The molecule has 13 nitrogen and oxygen atoms in total. The number of carbonyl (C=O) groups is 4. The predicted molar refractivity (Wildman–Crippen MR) is 172 cm³/mol. The van der Waals surface area contributed by atoms with E-state index >= 15 is 0 Å².